The van der Waals surface area contributed by atoms with Crippen molar-refractivity contribution in [3.8, 4) is 0 Å². The van der Waals surface area contributed by atoms with Gasteiger partial charge in [-0.15, -0.1) is 11.3 Å². The van der Waals surface area contributed by atoms with Gasteiger partial charge in [-0.25, -0.2) is 4.98 Å². The summed E-state index contributed by atoms with van der Waals surface area (Å²) in [6.07, 6.45) is 3.54. The van der Waals surface area contributed by atoms with E-state index < -0.39 is 0 Å². The number of ketones is 1. The Bertz CT molecular complexity index is 240. The second kappa shape index (κ2) is 8.69. The van der Waals surface area contributed by atoms with Gasteiger partial charge in [0.25, 0.3) is 0 Å². The Labute approximate surface area is 91.0 Å². The van der Waals surface area contributed by atoms with Gasteiger partial charge in [0, 0.05) is 19.4 Å². The van der Waals surface area contributed by atoms with Crippen LogP contribution >= 0.6 is 11.3 Å². The molecule has 0 bridgehead atoms. The molecule has 1 aromatic heterocycles. The van der Waals surface area contributed by atoms with Gasteiger partial charge in [-0.05, 0) is 0 Å². The van der Waals surface area contributed by atoms with Gasteiger partial charge >= 0.3 is 0 Å². The molecule has 0 unspecified atom stereocenters. The van der Waals surface area contributed by atoms with Crippen molar-refractivity contribution in [1.29, 1.82) is 0 Å². The molecular weight excluding hydrogens is 196 g/mol. The number of hydrogen-bond acceptors (Lipinski definition) is 4. The highest BCUT2D eigenvalue weighted by Gasteiger charge is 1.98. The Hall–Kier alpha value is -0.900. The third-order valence-corrected chi connectivity index (χ3v) is 1.99. The highest BCUT2D eigenvalue weighted by molar-refractivity contribution is 7.13. The second-order valence-corrected chi connectivity index (χ2v) is 3.68. The predicted octanol–water partition coefficient (Wildman–Crippen LogP) is 3.20. The summed E-state index contributed by atoms with van der Waals surface area (Å²) in [4.78, 5) is 14.8. The maximum Gasteiger partial charge on any atom is 0.182 e. The largest absolute Gasteiger partial charge is 0.354 e. The first kappa shape index (κ1) is 13.1. The number of anilines is 1. The van der Waals surface area contributed by atoms with Gasteiger partial charge in [-0.1, -0.05) is 27.2 Å². The Morgan fingerprint density at radius 3 is 2.64 bits per heavy atom. The summed E-state index contributed by atoms with van der Waals surface area (Å²) in [5, 5.41) is 5.62. The molecule has 0 aliphatic carbocycles. The highest BCUT2D eigenvalue weighted by Crippen LogP contribution is 2.09. The van der Waals surface area contributed by atoms with E-state index in [4.69, 9.17) is 0 Å². The predicted molar refractivity (Wildman–Crippen MR) is 64.0 cm³/mol. The summed E-state index contributed by atoms with van der Waals surface area (Å²) < 4.78 is 0. The van der Waals surface area contributed by atoms with Crippen molar-refractivity contribution in [1.82, 2.24) is 4.98 Å². The lowest BCUT2D eigenvalue weighted by atomic mass is 10.3. The van der Waals surface area contributed by atoms with Crippen molar-refractivity contribution in [2.75, 3.05) is 11.9 Å². The fourth-order valence-corrected chi connectivity index (χ4v) is 1.14. The minimum absolute atomic E-state index is 0. The molecule has 0 amide bonds. The Morgan fingerprint density at radius 1 is 1.57 bits per heavy atom. The van der Waals surface area contributed by atoms with Crippen LogP contribution in [-0.4, -0.2) is 17.3 Å². The van der Waals surface area contributed by atoms with Crippen LogP contribution in [0.1, 0.15) is 35.0 Å². The first-order chi connectivity index (χ1) is 6.74. The van der Waals surface area contributed by atoms with Crippen LogP contribution in [0.2, 0.25) is 0 Å². The van der Waals surface area contributed by atoms with Gasteiger partial charge < -0.3 is 5.32 Å². The standard InChI is InChI=1S/C7H10N2OS.C3H8.H2/c1-2-6(10)5-9-7-8-3-4-11-7;1-3-2;/h3-4H,2,5H2,1H3,(H,8,9);3H2,1-2H3;1H. The fourth-order valence-electron chi connectivity index (χ4n) is 0.610. The molecular formula is C10H20N2OS. The van der Waals surface area contributed by atoms with Crippen molar-refractivity contribution < 1.29 is 6.22 Å². The number of hydrogen-bond donors (Lipinski definition) is 1. The molecule has 0 saturated carbocycles. The van der Waals surface area contributed by atoms with Gasteiger partial charge in [-0.2, -0.15) is 0 Å². The molecule has 82 valence electrons. The van der Waals surface area contributed by atoms with Crippen LogP contribution in [0.15, 0.2) is 11.6 Å². The SMILES string of the molecule is CCC.CCC(=O)CNc1nccs1.[HH]. The summed E-state index contributed by atoms with van der Waals surface area (Å²) in [6, 6.07) is 0. The summed E-state index contributed by atoms with van der Waals surface area (Å²) >= 11 is 1.50. The molecule has 0 aliphatic rings. The van der Waals surface area contributed by atoms with Gasteiger partial charge in [0.2, 0.25) is 0 Å². The van der Waals surface area contributed by atoms with Crippen LogP contribution in [-0.2, 0) is 4.79 Å². The number of carbonyl (C=O) groups excluding carboxylic acids is 1. The molecule has 0 radical (unpaired) electrons. The first-order valence-electron chi connectivity index (χ1n) is 4.89. The number of thiazole rings is 1. The van der Waals surface area contributed by atoms with Crippen molar-refractivity contribution in [2.24, 2.45) is 0 Å². The molecule has 1 heterocycles. The molecule has 1 aromatic rings. The third-order valence-electron chi connectivity index (χ3n) is 1.26. The summed E-state index contributed by atoms with van der Waals surface area (Å²) in [7, 11) is 0. The zero-order valence-electron chi connectivity index (χ0n) is 9.04. The lowest BCUT2D eigenvalue weighted by Gasteiger charge is -1.97. The van der Waals surface area contributed by atoms with Gasteiger partial charge in [0.15, 0.2) is 10.9 Å². The number of nitrogens with one attached hydrogen (secondary N) is 1. The molecule has 14 heavy (non-hydrogen) atoms. The summed E-state index contributed by atoms with van der Waals surface area (Å²) in [6.45, 7) is 6.50. The summed E-state index contributed by atoms with van der Waals surface area (Å²) in [5.74, 6) is 0.209. The van der Waals surface area contributed by atoms with Crippen LogP contribution in [0.5, 0.6) is 0 Å². The molecule has 0 atom stereocenters. The van der Waals surface area contributed by atoms with Crippen molar-refractivity contribution in [2.45, 2.75) is 33.6 Å². The van der Waals surface area contributed by atoms with E-state index in [0.29, 0.717) is 13.0 Å². The van der Waals surface area contributed by atoms with Crippen molar-refractivity contribution in [3.05, 3.63) is 11.6 Å². The maximum atomic E-state index is 10.8. The van der Waals surface area contributed by atoms with E-state index in [1.54, 1.807) is 6.20 Å². The van der Waals surface area contributed by atoms with E-state index in [9.17, 15) is 4.79 Å². The van der Waals surface area contributed by atoms with E-state index in [1.165, 1.54) is 17.8 Å². The van der Waals surface area contributed by atoms with Crippen LogP contribution in [0.3, 0.4) is 0 Å². The van der Waals surface area contributed by atoms with Crippen LogP contribution in [0.25, 0.3) is 0 Å². The van der Waals surface area contributed by atoms with E-state index in [0.717, 1.165) is 5.13 Å². The Morgan fingerprint density at radius 2 is 2.21 bits per heavy atom. The smallest absolute Gasteiger partial charge is 0.182 e. The van der Waals surface area contributed by atoms with Crippen molar-refractivity contribution >= 4 is 22.3 Å². The molecule has 0 aliphatic heterocycles. The molecule has 0 spiro atoms. The molecule has 0 fully saturated rings. The third kappa shape index (κ3) is 6.60. The Kier molecular flexibility index (Phi) is 8.13. The maximum absolute atomic E-state index is 10.8. The molecule has 0 aromatic carbocycles. The number of aromatic nitrogens is 1. The van der Waals surface area contributed by atoms with Crippen LogP contribution < -0.4 is 5.32 Å². The monoisotopic (exact) mass is 216 g/mol. The van der Waals surface area contributed by atoms with E-state index >= 15 is 0 Å². The number of carbonyl (C=O) groups is 1. The first-order valence-corrected chi connectivity index (χ1v) is 5.77. The average molecular weight is 216 g/mol. The minimum atomic E-state index is 0. The highest BCUT2D eigenvalue weighted by atomic mass is 32.1. The van der Waals surface area contributed by atoms with E-state index in [1.807, 2.05) is 12.3 Å². The topological polar surface area (TPSA) is 42.0 Å². The van der Waals surface area contributed by atoms with Crippen LogP contribution in [0, 0.1) is 0 Å². The van der Waals surface area contributed by atoms with Gasteiger partial charge in [0.1, 0.15) is 0 Å². The molecule has 3 nitrogen and oxygen atoms in total. The zero-order chi connectivity index (χ0) is 10.8. The number of nitrogens with zero attached hydrogens (tertiary/aromatic N) is 1. The molecule has 1 rings (SSSR count). The molecule has 1 N–H and O–H groups in total. The van der Waals surface area contributed by atoms with Gasteiger partial charge in [0.05, 0.1) is 6.54 Å². The quantitative estimate of drug-likeness (QED) is 0.840. The van der Waals surface area contributed by atoms with Gasteiger partial charge in [-0.3, -0.25) is 4.79 Å². The minimum Gasteiger partial charge on any atom is -0.354 e. The number of Topliss-reactive ketones (excluding diaryl/α,β-unsaturated/α-hetero) is 1. The summed E-state index contributed by atoms with van der Waals surface area (Å²) in [5.41, 5.74) is 0. The fraction of sp³-hybridized carbons (Fsp3) is 0.600. The second-order valence-electron chi connectivity index (χ2n) is 2.79. The van der Waals surface area contributed by atoms with E-state index in [-0.39, 0.29) is 7.21 Å². The van der Waals surface area contributed by atoms with Crippen LogP contribution in [0.4, 0.5) is 5.13 Å². The average Bonchev–Trinajstić information content (AvgIpc) is 2.68. The normalized spacial score (nSPS) is 8.79. The lowest BCUT2D eigenvalue weighted by molar-refractivity contribution is -0.117. The lowest BCUT2D eigenvalue weighted by Crippen LogP contribution is -2.11. The molecule has 0 saturated heterocycles. The zero-order valence-corrected chi connectivity index (χ0v) is 9.86. The molecule has 4 heteroatoms. The van der Waals surface area contributed by atoms with Crippen molar-refractivity contribution in [3.63, 3.8) is 0 Å². The van der Waals surface area contributed by atoms with E-state index in [2.05, 4.69) is 24.1 Å². The Balaban J connectivity index is 0. The number of rotatable bonds is 4.